The summed E-state index contributed by atoms with van der Waals surface area (Å²) in [6.45, 7) is 3.15. The van der Waals surface area contributed by atoms with Crippen molar-refractivity contribution in [2.24, 2.45) is 0 Å². The second-order valence-electron chi connectivity index (χ2n) is 7.61. The van der Waals surface area contributed by atoms with Gasteiger partial charge in [0, 0.05) is 19.7 Å². The highest BCUT2D eigenvalue weighted by atomic mass is 32.2. The molecule has 2 rings (SSSR count). The number of nitrogens with one attached hydrogen (secondary N) is 1. The molecule has 1 N–H and O–H groups in total. The fourth-order valence-corrected chi connectivity index (χ4v) is 4.23. The molecule has 10 heteroatoms. The van der Waals surface area contributed by atoms with Crippen LogP contribution in [0.3, 0.4) is 0 Å². The van der Waals surface area contributed by atoms with Gasteiger partial charge in [-0.15, -0.1) is 0 Å². The van der Waals surface area contributed by atoms with Crippen LogP contribution in [0.4, 0.5) is 5.69 Å². The number of hydrogen-bond acceptors (Lipinski definition) is 6. The molecule has 0 radical (unpaired) electrons. The first-order valence-electron chi connectivity index (χ1n) is 10.3. The fraction of sp³-hybridized carbons (Fsp3) is 0.391. The summed E-state index contributed by atoms with van der Waals surface area (Å²) in [4.78, 5) is 27.2. The molecule has 9 nitrogen and oxygen atoms in total. The van der Waals surface area contributed by atoms with E-state index in [1.54, 1.807) is 19.1 Å². The summed E-state index contributed by atoms with van der Waals surface area (Å²) >= 11 is 0. The van der Waals surface area contributed by atoms with Crippen LogP contribution in [0.25, 0.3) is 0 Å². The first kappa shape index (κ1) is 26.0. The monoisotopic (exact) mass is 477 g/mol. The Morgan fingerprint density at radius 3 is 2.33 bits per heavy atom. The molecule has 2 amide bonds. The van der Waals surface area contributed by atoms with Crippen molar-refractivity contribution in [2.75, 3.05) is 38.4 Å². The Hall–Kier alpha value is -3.27. The Bertz CT molecular complexity index is 1100. The third-order valence-corrected chi connectivity index (χ3v) is 6.31. The summed E-state index contributed by atoms with van der Waals surface area (Å²) in [7, 11) is 0.461. The van der Waals surface area contributed by atoms with Gasteiger partial charge >= 0.3 is 0 Å². The molecule has 180 valence electrons. The molecular weight excluding hydrogens is 446 g/mol. The molecule has 0 saturated carbocycles. The summed E-state index contributed by atoms with van der Waals surface area (Å²) in [6.07, 6.45) is 1.01. The van der Waals surface area contributed by atoms with E-state index in [4.69, 9.17) is 9.47 Å². The Labute approximate surface area is 195 Å². The summed E-state index contributed by atoms with van der Waals surface area (Å²) in [5.74, 6) is -0.232. The lowest BCUT2D eigenvalue weighted by molar-refractivity contribution is -0.139. The fourth-order valence-electron chi connectivity index (χ4n) is 3.39. The van der Waals surface area contributed by atoms with Crippen LogP contribution >= 0.6 is 0 Å². The van der Waals surface area contributed by atoms with Crippen molar-refractivity contribution in [3.05, 3.63) is 53.6 Å². The molecule has 1 unspecified atom stereocenters. The van der Waals surface area contributed by atoms with Gasteiger partial charge in [0.15, 0.2) is 0 Å². The minimum Gasteiger partial charge on any atom is -0.497 e. The van der Waals surface area contributed by atoms with E-state index < -0.39 is 28.5 Å². The van der Waals surface area contributed by atoms with Crippen LogP contribution in [0.1, 0.15) is 18.1 Å². The molecule has 0 saturated heterocycles. The molecule has 0 fully saturated rings. The minimum absolute atomic E-state index is 0.141. The van der Waals surface area contributed by atoms with E-state index in [0.29, 0.717) is 5.75 Å². The predicted octanol–water partition coefficient (Wildman–Crippen LogP) is 1.94. The maximum Gasteiger partial charge on any atom is 0.244 e. The molecule has 2 aromatic carbocycles. The van der Waals surface area contributed by atoms with Crippen molar-refractivity contribution in [1.29, 1.82) is 0 Å². The Kier molecular flexibility index (Phi) is 8.69. The van der Waals surface area contributed by atoms with Crippen LogP contribution in [0.5, 0.6) is 11.5 Å². The molecule has 1 atom stereocenters. The number of anilines is 1. The number of hydrogen-bond donors (Lipinski definition) is 1. The Balaban J connectivity index is 2.48. The van der Waals surface area contributed by atoms with Gasteiger partial charge in [0.05, 0.1) is 26.2 Å². The van der Waals surface area contributed by atoms with Crippen LogP contribution in [0, 0.1) is 6.92 Å². The van der Waals surface area contributed by atoms with Crippen LogP contribution in [0.2, 0.25) is 0 Å². The highest BCUT2D eigenvalue weighted by Gasteiger charge is 2.31. The summed E-state index contributed by atoms with van der Waals surface area (Å²) in [5.41, 5.74) is 1.99. The van der Waals surface area contributed by atoms with E-state index in [0.717, 1.165) is 21.7 Å². The van der Waals surface area contributed by atoms with E-state index in [2.05, 4.69) is 5.32 Å². The van der Waals surface area contributed by atoms with E-state index in [-0.39, 0.29) is 23.9 Å². The molecule has 0 bridgehead atoms. The standard InChI is InChI=1S/C23H31N3O6S/c1-16-8-7-9-18(12-16)14-25(17(2)23(28)24-3)22(27)15-26(33(6,29)30)20-13-19(31-4)10-11-21(20)32-5/h7-13,17H,14-15H2,1-6H3,(H,24,28). The summed E-state index contributed by atoms with van der Waals surface area (Å²) in [6, 6.07) is 11.4. The largest absolute Gasteiger partial charge is 0.497 e. The molecule has 0 aliphatic rings. The molecule has 0 aliphatic carbocycles. The van der Waals surface area contributed by atoms with Crippen molar-refractivity contribution < 1.29 is 27.5 Å². The topological polar surface area (TPSA) is 105 Å². The third-order valence-electron chi connectivity index (χ3n) is 5.18. The smallest absolute Gasteiger partial charge is 0.244 e. The number of carbonyl (C=O) groups excluding carboxylic acids is 2. The summed E-state index contributed by atoms with van der Waals surface area (Å²) in [5, 5.41) is 2.54. The van der Waals surface area contributed by atoms with Crippen LogP contribution in [-0.2, 0) is 26.2 Å². The molecule has 0 aliphatic heterocycles. The van der Waals surface area contributed by atoms with Gasteiger partial charge in [-0.3, -0.25) is 13.9 Å². The second-order valence-corrected chi connectivity index (χ2v) is 9.52. The predicted molar refractivity (Wildman–Crippen MR) is 127 cm³/mol. The van der Waals surface area contributed by atoms with Gasteiger partial charge in [-0.05, 0) is 31.5 Å². The number of ether oxygens (including phenoxy) is 2. The van der Waals surface area contributed by atoms with E-state index in [1.807, 2.05) is 31.2 Å². The van der Waals surface area contributed by atoms with Gasteiger partial charge in [-0.2, -0.15) is 0 Å². The first-order chi connectivity index (χ1) is 15.5. The zero-order chi connectivity index (χ0) is 24.8. The minimum atomic E-state index is -3.89. The maximum absolute atomic E-state index is 13.4. The molecule has 0 spiro atoms. The van der Waals surface area contributed by atoms with Gasteiger partial charge < -0.3 is 19.7 Å². The number of aryl methyl sites for hydroxylation is 1. The van der Waals surface area contributed by atoms with Gasteiger partial charge in [0.25, 0.3) is 0 Å². The number of nitrogens with zero attached hydrogens (tertiary/aromatic N) is 2. The lowest BCUT2D eigenvalue weighted by atomic mass is 10.1. The zero-order valence-electron chi connectivity index (χ0n) is 19.8. The maximum atomic E-state index is 13.4. The average molecular weight is 478 g/mol. The number of amides is 2. The van der Waals surface area contributed by atoms with Gasteiger partial charge in [0.2, 0.25) is 21.8 Å². The van der Waals surface area contributed by atoms with Crippen LogP contribution in [-0.4, -0.2) is 65.2 Å². The van der Waals surface area contributed by atoms with Gasteiger partial charge in [-0.1, -0.05) is 29.8 Å². The molecule has 33 heavy (non-hydrogen) atoms. The van der Waals surface area contributed by atoms with Crippen molar-refractivity contribution in [3.63, 3.8) is 0 Å². The van der Waals surface area contributed by atoms with Crippen molar-refractivity contribution >= 4 is 27.5 Å². The van der Waals surface area contributed by atoms with E-state index in [1.165, 1.54) is 32.2 Å². The Morgan fingerprint density at radius 1 is 1.09 bits per heavy atom. The normalized spacial score (nSPS) is 11.9. The van der Waals surface area contributed by atoms with Crippen molar-refractivity contribution in [3.8, 4) is 11.5 Å². The molecular formula is C23H31N3O6S. The number of rotatable bonds is 10. The Morgan fingerprint density at radius 2 is 1.79 bits per heavy atom. The highest BCUT2D eigenvalue weighted by molar-refractivity contribution is 7.92. The van der Waals surface area contributed by atoms with E-state index >= 15 is 0 Å². The van der Waals surface area contributed by atoms with Gasteiger partial charge in [0.1, 0.15) is 24.1 Å². The lowest BCUT2D eigenvalue weighted by Gasteiger charge is -2.31. The zero-order valence-corrected chi connectivity index (χ0v) is 20.6. The van der Waals surface area contributed by atoms with Gasteiger partial charge in [-0.25, -0.2) is 8.42 Å². The van der Waals surface area contributed by atoms with E-state index in [9.17, 15) is 18.0 Å². The second kappa shape index (κ2) is 11.0. The SMILES string of the molecule is CNC(=O)C(C)N(Cc1cccc(C)c1)C(=O)CN(c1cc(OC)ccc1OC)S(C)(=O)=O. The van der Waals surface area contributed by atoms with Crippen molar-refractivity contribution in [2.45, 2.75) is 26.4 Å². The number of sulfonamides is 1. The average Bonchev–Trinajstić information content (AvgIpc) is 2.78. The highest BCUT2D eigenvalue weighted by Crippen LogP contribution is 2.34. The number of benzene rings is 2. The molecule has 0 aromatic heterocycles. The molecule has 2 aromatic rings. The quantitative estimate of drug-likeness (QED) is 0.561. The van der Waals surface area contributed by atoms with Crippen molar-refractivity contribution in [1.82, 2.24) is 10.2 Å². The van der Waals surface area contributed by atoms with Crippen LogP contribution in [0.15, 0.2) is 42.5 Å². The number of carbonyl (C=O) groups is 2. The number of methoxy groups -OCH3 is 2. The number of likely N-dealkylation sites (N-methyl/N-ethyl adjacent to an activating group) is 1. The third kappa shape index (κ3) is 6.61. The summed E-state index contributed by atoms with van der Waals surface area (Å²) < 4.78 is 36.9. The first-order valence-corrected chi connectivity index (χ1v) is 12.1. The molecule has 0 heterocycles. The van der Waals surface area contributed by atoms with Crippen LogP contribution < -0.4 is 19.1 Å². The lowest BCUT2D eigenvalue weighted by Crippen LogP contribution is -2.50.